The van der Waals surface area contributed by atoms with E-state index in [1.807, 2.05) is 53.1 Å². The zero-order valence-electron chi connectivity index (χ0n) is 13.2. The van der Waals surface area contributed by atoms with Crippen LogP contribution in [0.5, 0.6) is 0 Å². The molecular weight excluding hydrogens is 320 g/mol. The number of imidazole rings is 1. The summed E-state index contributed by atoms with van der Waals surface area (Å²) in [6.45, 7) is 0.275. The highest BCUT2D eigenvalue weighted by Crippen LogP contribution is 2.25. The fourth-order valence-electron chi connectivity index (χ4n) is 2.50. The molecule has 3 rings (SSSR count). The number of aliphatic hydroxyl groups excluding tert-OH is 2. The van der Waals surface area contributed by atoms with Crippen molar-refractivity contribution in [3.63, 3.8) is 0 Å². The lowest BCUT2D eigenvalue weighted by Crippen LogP contribution is -2.12. The predicted octanol–water partition coefficient (Wildman–Crippen LogP) is 3.40. The third-order valence-electron chi connectivity index (χ3n) is 3.81. The number of hydrogen-bond donors (Lipinski definition) is 2. The average molecular weight is 340 g/mol. The van der Waals surface area contributed by atoms with Crippen LogP contribution in [0.1, 0.15) is 22.9 Å². The van der Waals surface area contributed by atoms with E-state index in [4.69, 9.17) is 0 Å². The van der Waals surface area contributed by atoms with Crippen LogP contribution in [0.3, 0.4) is 0 Å². The highest BCUT2D eigenvalue weighted by atomic mass is 32.2. The number of nitrogens with zero attached hydrogens (tertiary/aromatic N) is 2. The Hall–Kier alpha value is -2.08. The molecule has 1 heterocycles. The van der Waals surface area contributed by atoms with Gasteiger partial charge < -0.3 is 14.8 Å². The first-order chi connectivity index (χ1) is 11.8. The molecule has 0 saturated heterocycles. The number of benzene rings is 2. The summed E-state index contributed by atoms with van der Waals surface area (Å²) in [6.07, 6.45) is 1.03. The molecule has 1 atom stereocenters. The molecule has 0 radical (unpaired) electrons. The van der Waals surface area contributed by atoms with Crippen molar-refractivity contribution in [3.8, 4) is 0 Å². The van der Waals surface area contributed by atoms with Gasteiger partial charge in [-0.05, 0) is 11.1 Å². The van der Waals surface area contributed by atoms with Gasteiger partial charge in [-0.15, -0.1) is 0 Å². The number of aromatic nitrogens is 2. The van der Waals surface area contributed by atoms with Crippen LogP contribution < -0.4 is 0 Å². The van der Waals surface area contributed by atoms with Gasteiger partial charge in [0.25, 0.3) is 0 Å². The molecule has 5 heteroatoms. The highest BCUT2D eigenvalue weighted by Gasteiger charge is 2.15. The molecule has 24 heavy (non-hydrogen) atoms. The maximum absolute atomic E-state index is 10.5. The van der Waals surface area contributed by atoms with E-state index in [0.717, 1.165) is 16.5 Å². The Morgan fingerprint density at radius 2 is 1.67 bits per heavy atom. The maximum atomic E-state index is 10.5. The van der Waals surface area contributed by atoms with E-state index >= 15 is 0 Å². The molecule has 0 amide bonds. The van der Waals surface area contributed by atoms with E-state index in [1.54, 1.807) is 18.0 Å². The van der Waals surface area contributed by atoms with Gasteiger partial charge in [0, 0.05) is 5.75 Å². The largest absolute Gasteiger partial charge is 0.390 e. The van der Waals surface area contributed by atoms with Gasteiger partial charge in [0.1, 0.15) is 0 Å². The van der Waals surface area contributed by atoms with Crippen molar-refractivity contribution in [1.29, 1.82) is 0 Å². The number of rotatable bonds is 7. The van der Waals surface area contributed by atoms with Crippen LogP contribution in [-0.2, 0) is 18.9 Å². The van der Waals surface area contributed by atoms with Gasteiger partial charge in [-0.25, -0.2) is 4.98 Å². The van der Waals surface area contributed by atoms with Crippen molar-refractivity contribution in [2.75, 3.05) is 0 Å². The second kappa shape index (κ2) is 8.15. The smallest absolute Gasteiger partial charge is 0.168 e. The molecule has 0 unspecified atom stereocenters. The lowest BCUT2D eigenvalue weighted by Gasteiger charge is -2.16. The highest BCUT2D eigenvalue weighted by molar-refractivity contribution is 7.98. The minimum atomic E-state index is -0.637. The fourth-order valence-corrected chi connectivity index (χ4v) is 3.47. The first-order valence-corrected chi connectivity index (χ1v) is 8.81. The van der Waals surface area contributed by atoms with Gasteiger partial charge in [-0.2, -0.15) is 0 Å². The topological polar surface area (TPSA) is 58.3 Å². The van der Waals surface area contributed by atoms with Gasteiger partial charge >= 0.3 is 0 Å². The first-order valence-electron chi connectivity index (χ1n) is 7.83. The predicted molar refractivity (Wildman–Crippen MR) is 95.6 cm³/mol. The molecule has 1 aromatic heterocycles. The Morgan fingerprint density at radius 1 is 1.00 bits per heavy atom. The summed E-state index contributed by atoms with van der Waals surface area (Å²) in [4.78, 5) is 4.40. The molecule has 124 valence electrons. The summed E-state index contributed by atoms with van der Waals surface area (Å²) in [7, 11) is 0. The van der Waals surface area contributed by atoms with Gasteiger partial charge in [-0.3, -0.25) is 0 Å². The molecule has 2 N–H and O–H groups in total. The van der Waals surface area contributed by atoms with Crippen molar-refractivity contribution in [2.45, 2.75) is 30.2 Å². The van der Waals surface area contributed by atoms with E-state index in [9.17, 15) is 10.2 Å². The Balaban J connectivity index is 1.75. The minimum absolute atomic E-state index is 0.0968. The standard InChI is InChI=1S/C19H20N2O2S/c22-13-17-11-20-19(24-14-15-7-3-1-4-8-15)21(17)12-18(23)16-9-5-2-6-10-16/h1-11,18,22-23H,12-14H2/t18-/m1/s1. The second-order valence-electron chi connectivity index (χ2n) is 5.50. The zero-order chi connectivity index (χ0) is 16.8. The number of hydrogen-bond acceptors (Lipinski definition) is 4. The molecule has 0 aliphatic carbocycles. The van der Waals surface area contributed by atoms with Crippen LogP contribution >= 0.6 is 11.8 Å². The Kier molecular flexibility index (Phi) is 5.69. The molecule has 3 aromatic rings. The Labute approximate surface area is 145 Å². The molecule has 0 saturated carbocycles. The van der Waals surface area contributed by atoms with Gasteiger partial charge in [-0.1, -0.05) is 72.4 Å². The molecule has 0 fully saturated rings. The van der Waals surface area contributed by atoms with E-state index < -0.39 is 6.10 Å². The summed E-state index contributed by atoms with van der Waals surface area (Å²) >= 11 is 1.60. The van der Waals surface area contributed by atoms with Gasteiger partial charge in [0.15, 0.2) is 5.16 Å². The maximum Gasteiger partial charge on any atom is 0.168 e. The van der Waals surface area contributed by atoms with Crippen molar-refractivity contribution in [3.05, 3.63) is 83.7 Å². The van der Waals surface area contributed by atoms with Crippen molar-refractivity contribution < 1.29 is 10.2 Å². The summed E-state index contributed by atoms with van der Waals surface area (Å²) in [6, 6.07) is 19.7. The van der Waals surface area contributed by atoms with Crippen LogP contribution in [0, 0.1) is 0 Å². The van der Waals surface area contributed by atoms with E-state index in [2.05, 4.69) is 17.1 Å². The summed E-state index contributed by atoms with van der Waals surface area (Å²) in [5.41, 5.74) is 2.78. The second-order valence-corrected chi connectivity index (χ2v) is 6.44. The molecule has 0 spiro atoms. The van der Waals surface area contributed by atoms with Crippen LogP contribution in [0.2, 0.25) is 0 Å². The SMILES string of the molecule is OCc1cnc(SCc2ccccc2)n1C[C@@H](O)c1ccccc1. The summed E-state index contributed by atoms with van der Waals surface area (Å²) in [5.74, 6) is 0.796. The molecule has 0 aliphatic rings. The van der Waals surface area contributed by atoms with E-state index in [0.29, 0.717) is 12.2 Å². The third-order valence-corrected chi connectivity index (χ3v) is 4.88. The molecule has 0 aliphatic heterocycles. The van der Waals surface area contributed by atoms with Crippen LogP contribution in [0.25, 0.3) is 0 Å². The van der Waals surface area contributed by atoms with E-state index in [1.165, 1.54) is 5.56 Å². The molecule has 4 nitrogen and oxygen atoms in total. The summed E-state index contributed by atoms with van der Waals surface area (Å²) in [5, 5.41) is 20.8. The quantitative estimate of drug-likeness (QED) is 0.647. The monoisotopic (exact) mass is 340 g/mol. The van der Waals surface area contributed by atoms with Crippen LogP contribution in [-0.4, -0.2) is 19.8 Å². The van der Waals surface area contributed by atoms with Crippen LogP contribution in [0.4, 0.5) is 0 Å². The van der Waals surface area contributed by atoms with Gasteiger partial charge in [0.2, 0.25) is 0 Å². The molecule has 2 aromatic carbocycles. The number of aliphatic hydroxyl groups is 2. The lowest BCUT2D eigenvalue weighted by atomic mass is 10.1. The fraction of sp³-hybridized carbons (Fsp3) is 0.211. The van der Waals surface area contributed by atoms with Crippen LogP contribution in [0.15, 0.2) is 72.0 Å². The summed E-state index contributed by atoms with van der Waals surface area (Å²) < 4.78 is 1.89. The van der Waals surface area contributed by atoms with Crippen molar-refractivity contribution in [2.24, 2.45) is 0 Å². The normalized spacial score (nSPS) is 12.2. The van der Waals surface area contributed by atoms with Crippen molar-refractivity contribution >= 4 is 11.8 Å². The van der Waals surface area contributed by atoms with Crippen molar-refractivity contribution in [1.82, 2.24) is 9.55 Å². The minimum Gasteiger partial charge on any atom is -0.390 e. The van der Waals surface area contributed by atoms with E-state index in [-0.39, 0.29) is 6.61 Å². The third kappa shape index (κ3) is 4.06. The zero-order valence-corrected chi connectivity index (χ0v) is 14.1. The lowest BCUT2D eigenvalue weighted by molar-refractivity contribution is 0.148. The number of thioether (sulfide) groups is 1. The molecule has 0 bridgehead atoms. The average Bonchev–Trinajstić information content (AvgIpc) is 3.03. The molecular formula is C19H20N2O2S. The van der Waals surface area contributed by atoms with Gasteiger partial charge in [0.05, 0.1) is 31.1 Å². The Bertz CT molecular complexity index is 760. The first kappa shape index (κ1) is 16.8. The Morgan fingerprint density at radius 3 is 2.33 bits per heavy atom.